The van der Waals surface area contributed by atoms with Crippen molar-refractivity contribution in [3.05, 3.63) is 63.4 Å². The van der Waals surface area contributed by atoms with Gasteiger partial charge in [-0.3, -0.25) is 0 Å². The topological polar surface area (TPSA) is 21.3 Å². The van der Waals surface area contributed by atoms with Gasteiger partial charge < -0.3 is 10.1 Å². The summed E-state index contributed by atoms with van der Waals surface area (Å²) < 4.78 is 19.3. The van der Waals surface area contributed by atoms with E-state index >= 15 is 0 Å². The third-order valence-electron chi connectivity index (χ3n) is 3.38. The van der Waals surface area contributed by atoms with Gasteiger partial charge in [-0.15, -0.1) is 0 Å². The quantitative estimate of drug-likeness (QED) is 0.652. The first-order chi connectivity index (χ1) is 11.1. The first-order valence-electron chi connectivity index (χ1n) is 7.66. The van der Waals surface area contributed by atoms with E-state index in [1.54, 1.807) is 18.2 Å². The van der Waals surface area contributed by atoms with E-state index in [-0.39, 0.29) is 5.82 Å². The third kappa shape index (κ3) is 5.38. The first-order valence-corrected chi connectivity index (χ1v) is 8.42. The molecule has 0 amide bonds. The Labute approximate surface area is 146 Å². The largest absolute Gasteiger partial charge is 0.492 e. The Morgan fingerprint density at radius 2 is 1.91 bits per heavy atom. The molecule has 2 aromatic rings. The summed E-state index contributed by atoms with van der Waals surface area (Å²) in [6.07, 6.45) is 1.52. The molecule has 124 valence electrons. The predicted molar refractivity (Wildman–Crippen MR) is 94.1 cm³/mol. The van der Waals surface area contributed by atoms with Gasteiger partial charge in [0.1, 0.15) is 11.6 Å². The molecule has 0 aliphatic rings. The lowest BCUT2D eigenvalue weighted by atomic mass is 10.1. The summed E-state index contributed by atoms with van der Waals surface area (Å²) in [5.41, 5.74) is 1.61. The zero-order chi connectivity index (χ0) is 16.7. The van der Waals surface area contributed by atoms with Gasteiger partial charge in [0.15, 0.2) is 0 Å². The van der Waals surface area contributed by atoms with Crippen LogP contribution in [0, 0.1) is 5.82 Å². The molecule has 0 unspecified atom stereocenters. The Bertz CT molecular complexity index is 649. The van der Waals surface area contributed by atoms with Gasteiger partial charge in [0.25, 0.3) is 0 Å². The number of nitrogens with one attached hydrogen (secondary N) is 1. The van der Waals surface area contributed by atoms with E-state index < -0.39 is 0 Å². The van der Waals surface area contributed by atoms with Crippen molar-refractivity contribution in [1.82, 2.24) is 5.32 Å². The van der Waals surface area contributed by atoms with Crippen LogP contribution in [0.25, 0.3) is 0 Å². The molecular formula is C18H20Cl2FNO. The molecule has 0 fully saturated rings. The fourth-order valence-electron chi connectivity index (χ4n) is 2.26. The Hall–Kier alpha value is -1.29. The van der Waals surface area contributed by atoms with E-state index in [0.29, 0.717) is 47.5 Å². The van der Waals surface area contributed by atoms with Gasteiger partial charge in [-0.2, -0.15) is 0 Å². The van der Waals surface area contributed by atoms with Crippen LogP contribution in [0.5, 0.6) is 5.75 Å². The van der Waals surface area contributed by atoms with Gasteiger partial charge in [-0.25, -0.2) is 4.39 Å². The van der Waals surface area contributed by atoms with Gasteiger partial charge in [0.05, 0.1) is 11.6 Å². The van der Waals surface area contributed by atoms with Crippen molar-refractivity contribution >= 4 is 23.2 Å². The van der Waals surface area contributed by atoms with Crippen molar-refractivity contribution in [3.63, 3.8) is 0 Å². The Morgan fingerprint density at radius 3 is 2.65 bits per heavy atom. The van der Waals surface area contributed by atoms with Gasteiger partial charge >= 0.3 is 0 Å². The highest BCUT2D eigenvalue weighted by atomic mass is 35.5. The molecule has 1 N–H and O–H groups in total. The van der Waals surface area contributed by atoms with E-state index in [9.17, 15) is 4.39 Å². The average molecular weight is 356 g/mol. The highest BCUT2D eigenvalue weighted by Crippen LogP contribution is 2.32. The number of hydrogen-bond donors (Lipinski definition) is 1. The lowest BCUT2D eigenvalue weighted by Crippen LogP contribution is -2.18. The molecule has 0 saturated carbocycles. The zero-order valence-electron chi connectivity index (χ0n) is 13.0. The second-order valence-corrected chi connectivity index (χ2v) is 6.09. The van der Waals surface area contributed by atoms with Gasteiger partial charge in [-0.1, -0.05) is 48.3 Å². The highest BCUT2D eigenvalue weighted by Gasteiger charge is 2.10. The number of benzene rings is 2. The minimum Gasteiger partial charge on any atom is -0.492 e. The summed E-state index contributed by atoms with van der Waals surface area (Å²) in [6, 6.07) is 10.3. The predicted octanol–water partition coefficient (Wildman–Crippen LogP) is 5.25. The Kier molecular flexibility index (Phi) is 7.15. The molecule has 0 heterocycles. The zero-order valence-corrected chi connectivity index (χ0v) is 14.6. The number of halogens is 3. The molecule has 0 aliphatic heterocycles. The molecule has 0 bridgehead atoms. The molecule has 2 aromatic carbocycles. The summed E-state index contributed by atoms with van der Waals surface area (Å²) in [7, 11) is 0. The molecule has 2 rings (SSSR count). The van der Waals surface area contributed by atoms with Crippen LogP contribution in [0.3, 0.4) is 0 Å². The van der Waals surface area contributed by atoms with Crippen molar-refractivity contribution in [1.29, 1.82) is 0 Å². The molecule has 2 nitrogen and oxygen atoms in total. The molecule has 0 radical (unpaired) electrons. The second kappa shape index (κ2) is 9.11. The van der Waals surface area contributed by atoms with Crippen molar-refractivity contribution in [2.24, 2.45) is 0 Å². The standard InChI is InChI=1S/C18H20Cl2FNO/c1-2-9-23-18-14(10-15(19)11-16(18)20)12-22-8-7-13-5-3-4-6-17(13)21/h3-6,10-11,22H,2,7-9,12H2,1H3. The molecule has 0 aromatic heterocycles. The van der Waals surface area contributed by atoms with Crippen LogP contribution in [0.15, 0.2) is 36.4 Å². The van der Waals surface area contributed by atoms with Crippen LogP contribution in [-0.2, 0) is 13.0 Å². The molecule has 0 atom stereocenters. The first kappa shape index (κ1) is 18.1. The summed E-state index contributed by atoms with van der Waals surface area (Å²) in [5.74, 6) is 0.489. The maximum atomic E-state index is 13.6. The summed E-state index contributed by atoms with van der Waals surface area (Å²) in [5, 5.41) is 4.37. The van der Waals surface area contributed by atoms with Gasteiger partial charge in [-0.05, 0) is 43.1 Å². The Morgan fingerprint density at radius 1 is 1.13 bits per heavy atom. The Balaban J connectivity index is 1.95. The van der Waals surface area contributed by atoms with Crippen LogP contribution in [-0.4, -0.2) is 13.2 Å². The van der Waals surface area contributed by atoms with Crippen LogP contribution >= 0.6 is 23.2 Å². The fourth-order valence-corrected chi connectivity index (χ4v) is 2.85. The van der Waals surface area contributed by atoms with Crippen LogP contribution in [0.4, 0.5) is 4.39 Å². The van der Waals surface area contributed by atoms with Crippen molar-refractivity contribution in [2.45, 2.75) is 26.3 Å². The number of ether oxygens (including phenoxy) is 1. The van der Waals surface area contributed by atoms with Gasteiger partial charge in [0.2, 0.25) is 0 Å². The normalized spacial score (nSPS) is 10.8. The van der Waals surface area contributed by atoms with Crippen molar-refractivity contribution in [2.75, 3.05) is 13.2 Å². The van der Waals surface area contributed by atoms with Crippen LogP contribution < -0.4 is 10.1 Å². The number of rotatable bonds is 8. The van der Waals surface area contributed by atoms with Crippen LogP contribution in [0.2, 0.25) is 10.0 Å². The maximum Gasteiger partial charge on any atom is 0.142 e. The van der Waals surface area contributed by atoms with E-state index in [4.69, 9.17) is 27.9 Å². The van der Waals surface area contributed by atoms with Crippen molar-refractivity contribution in [3.8, 4) is 5.75 Å². The smallest absolute Gasteiger partial charge is 0.142 e. The minimum absolute atomic E-state index is 0.174. The fraction of sp³-hybridized carbons (Fsp3) is 0.333. The van der Waals surface area contributed by atoms with E-state index in [2.05, 4.69) is 5.32 Å². The highest BCUT2D eigenvalue weighted by molar-refractivity contribution is 6.35. The second-order valence-electron chi connectivity index (χ2n) is 5.24. The maximum absolute atomic E-state index is 13.6. The third-order valence-corrected chi connectivity index (χ3v) is 3.88. The summed E-state index contributed by atoms with van der Waals surface area (Å²) in [6.45, 7) is 3.85. The van der Waals surface area contributed by atoms with E-state index in [0.717, 1.165) is 12.0 Å². The van der Waals surface area contributed by atoms with E-state index in [1.807, 2.05) is 19.1 Å². The lowest BCUT2D eigenvalue weighted by Gasteiger charge is -2.14. The van der Waals surface area contributed by atoms with Gasteiger partial charge in [0, 0.05) is 17.1 Å². The molecule has 0 spiro atoms. The molecule has 0 aliphatic carbocycles. The lowest BCUT2D eigenvalue weighted by molar-refractivity contribution is 0.313. The number of hydrogen-bond acceptors (Lipinski definition) is 2. The minimum atomic E-state index is -0.174. The SMILES string of the molecule is CCCOc1c(Cl)cc(Cl)cc1CNCCc1ccccc1F. The van der Waals surface area contributed by atoms with Crippen molar-refractivity contribution < 1.29 is 9.13 Å². The van der Waals surface area contributed by atoms with Crippen LogP contribution in [0.1, 0.15) is 24.5 Å². The molecule has 23 heavy (non-hydrogen) atoms. The molecule has 5 heteroatoms. The summed E-state index contributed by atoms with van der Waals surface area (Å²) in [4.78, 5) is 0. The molecular weight excluding hydrogens is 336 g/mol. The molecule has 0 saturated heterocycles. The summed E-state index contributed by atoms with van der Waals surface area (Å²) >= 11 is 12.3. The van der Waals surface area contributed by atoms with E-state index in [1.165, 1.54) is 6.07 Å². The monoisotopic (exact) mass is 355 g/mol. The average Bonchev–Trinajstić information content (AvgIpc) is 2.52.